The molecule has 0 saturated heterocycles. The molecule has 0 atom stereocenters. The summed E-state index contributed by atoms with van der Waals surface area (Å²) in [6.07, 6.45) is 0.426. The van der Waals surface area contributed by atoms with Gasteiger partial charge in [0, 0.05) is 15.6 Å². The van der Waals surface area contributed by atoms with Crippen LogP contribution in [0, 0.1) is 18.3 Å². The lowest BCUT2D eigenvalue weighted by molar-refractivity contribution is 1.21. The molecule has 0 aliphatic rings. The fourth-order valence-corrected chi connectivity index (χ4v) is 2.26. The molecule has 2 rings (SSSR count). The van der Waals surface area contributed by atoms with Crippen molar-refractivity contribution < 1.29 is 0 Å². The molecule has 2 aromatic carbocycles. The van der Waals surface area contributed by atoms with Gasteiger partial charge in [-0.05, 0) is 41.8 Å². The maximum atomic E-state index is 8.72. The summed E-state index contributed by atoms with van der Waals surface area (Å²) >= 11 is 12.2. The van der Waals surface area contributed by atoms with Crippen molar-refractivity contribution >= 4 is 23.2 Å². The van der Waals surface area contributed by atoms with Crippen LogP contribution in [-0.4, -0.2) is 0 Å². The van der Waals surface area contributed by atoms with E-state index in [1.807, 2.05) is 31.2 Å². The van der Waals surface area contributed by atoms with Crippen LogP contribution in [-0.2, 0) is 6.42 Å². The van der Waals surface area contributed by atoms with E-state index in [2.05, 4.69) is 6.07 Å². The lowest BCUT2D eigenvalue weighted by Gasteiger charge is -2.08. The molecule has 0 fully saturated rings. The van der Waals surface area contributed by atoms with Crippen LogP contribution in [0.3, 0.4) is 0 Å². The second kappa shape index (κ2) is 5.44. The third kappa shape index (κ3) is 2.67. The molecule has 3 heteroatoms. The first-order valence-corrected chi connectivity index (χ1v) is 6.29. The average Bonchev–Trinajstić information content (AvgIpc) is 2.35. The summed E-state index contributed by atoms with van der Waals surface area (Å²) in [5.41, 5.74) is 4.06. The van der Waals surface area contributed by atoms with E-state index < -0.39 is 0 Å². The molecule has 0 radical (unpaired) electrons. The highest BCUT2D eigenvalue weighted by molar-refractivity contribution is 6.35. The van der Waals surface area contributed by atoms with Gasteiger partial charge in [0.05, 0.1) is 12.5 Å². The van der Waals surface area contributed by atoms with Gasteiger partial charge in [-0.3, -0.25) is 0 Å². The van der Waals surface area contributed by atoms with E-state index in [0.29, 0.717) is 16.5 Å². The van der Waals surface area contributed by atoms with Crippen LogP contribution in [0.4, 0.5) is 0 Å². The van der Waals surface area contributed by atoms with Gasteiger partial charge in [-0.1, -0.05) is 41.4 Å². The van der Waals surface area contributed by atoms with Crippen LogP contribution in [0.25, 0.3) is 11.1 Å². The zero-order valence-electron chi connectivity index (χ0n) is 9.87. The minimum absolute atomic E-state index is 0.426. The van der Waals surface area contributed by atoms with Gasteiger partial charge in [-0.15, -0.1) is 0 Å². The summed E-state index contributed by atoms with van der Waals surface area (Å²) in [6.45, 7) is 1.99. The maximum absolute atomic E-state index is 8.72. The molecule has 0 N–H and O–H groups in total. The Labute approximate surface area is 117 Å². The molecular formula is C15H11Cl2N. The van der Waals surface area contributed by atoms with Crippen LogP contribution in [0.5, 0.6) is 0 Å². The fraction of sp³-hybridized carbons (Fsp3) is 0.133. The number of nitrogens with zero attached hydrogens (tertiary/aromatic N) is 1. The molecule has 0 spiro atoms. The molecule has 2 aromatic rings. The van der Waals surface area contributed by atoms with E-state index >= 15 is 0 Å². The number of benzene rings is 2. The van der Waals surface area contributed by atoms with Crippen LogP contribution in [0.1, 0.15) is 11.1 Å². The molecule has 1 nitrogen and oxygen atoms in total. The maximum Gasteiger partial charge on any atom is 0.0669 e. The summed E-state index contributed by atoms with van der Waals surface area (Å²) in [5, 5.41) is 10.1. The Morgan fingerprint density at radius 2 is 1.89 bits per heavy atom. The lowest BCUT2D eigenvalue weighted by atomic mass is 9.98. The van der Waals surface area contributed by atoms with Crippen LogP contribution >= 0.6 is 23.2 Å². The smallest absolute Gasteiger partial charge is 0.0669 e. The van der Waals surface area contributed by atoms with Gasteiger partial charge in [-0.25, -0.2) is 0 Å². The second-order valence-electron chi connectivity index (χ2n) is 4.10. The second-order valence-corrected chi connectivity index (χ2v) is 4.94. The van der Waals surface area contributed by atoms with Crippen LogP contribution < -0.4 is 0 Å². The number of halogens is 2. The van der Waals surface area contributed by atoms with Gasteiger partial charge in [0.2, 0.25) is 0 Å². The predicted molar refractivity (Wildman–Crippen MR) is 76.0 cm³/mol. The Bertz CT molecular complexity index is 627. The molecule has 0 bridgehead atoms. The Morgan fingerprint density at radius 1 is 1.11 bits per heavy atom. The quantitative estimate of drug-likeness (QED) is 0.754. The number of hydrogen-bond acceptors (Lipinski definition) is 1. The zero-order valence-corrected chi connectivity index (χ0v) is 11.4. The standard InChI is InChI=1S/C15H11Cl2N/c1-10-8-12(3-2-11(10)6-7-18)14-9-13(16)4-5-15(14)17/h2-5,8-9H,6H2,1H3. The van der Waals surface area contributed by atoms with E-state index in [4.69, 9.17) is 28.5 Å². The van der Waals surface area contributed by atoms with Crippen molar-refractivity contribution in [2.75, 3.05) is 0 Å². The highest BCUT2D eigenvalue weighted by atomic mass is 35.5. The fourth-order valence-electron chi connectivity index (χ4n) is 1.87. The molecule has 0 saturated carbocycles. The zero-order chi connectivity index (χ0) is 13.1. The summed E-state index contributed by atoms with van der Waals surface area (Å²) in [5.74, 6) is 0. The molecule has 18 heavy (non-hydrogen) atoms. The van der Waals surface area contributed by atoms with Crippen molar-refractivity contribution in [3.05, 3.63) is 57.6 Å². The molecular weight excluding hydrogens is 265 g/mol. The van der Waals surface area contributed by atoms with Gasteiger partial charge in [0.1, 0.15) is 0 Å². The number of aryl methyl sites for hydroxylation is 1. The minimum atomic E-state index is 0.426. The topological polar surface area (TPSA) is 23.8 Å². The van der Waals surface area contributed by atoms with E-state index in [-0.39, 0.29) is 0 Å². The van der Waals surface area contributed by atoms with Crippen molar-refractivity contribution in [3.63, 3.8) is 0 Å². The number of nitriles is 1. The summed E-state index contributed by atoms with van der Waals surface area (Å²) in [7, 11) is 0. The van der Waals surface area contributed by atoms with E-state index in [1.54, 1.807) is 12.1 Å². The van der Waals surface area contributed by atoms with E-state index in [0.717, 1.165) is 22.3 Å². The van der Waals surface area contributed by atoms with E-state index in [1.165, 1.54) is 0 Å². The Balaban J connectivity index is 2.49. The van der Waals surface area contributed by atoms with Gasteiger partial charge in [-0.2, -0.15) is 5.26 Å². The van der Waals surface area contributed by atoms with Crippen molar-refractivity contribution in [3.8, 4) is 17.2 Å². The first-order valence-electron chi connectivity index (χ1n) is 5.53. The van der Waals surface area contributed by atoms with Crippen molar-refractivity contribution in [1.82, 2.24) is 0 Å². The summed E-state index contributed by atoms with van der Waals surface area (Å²) in [6, 6.07) is 13.5. The molecule has 0 aliphatic carbocycles. The van der Waals surface area contributed by atoms with Crippen molar-refractivity contribution in [1.29, 1.82) is 5.26 Å². The number of hydrogen-bond donors (Lipinski definition) is 0. The van der Waals surface area contributed by atoms with Gasteiger partial charge in [0.15, 0.2) is 0 Å². The SMILES string of the molecule is Cc1cc(-c2cc(Cl)ccc2Cl)ccc1CC#N. The predicted octanol–water partition coefficient (Wildman–Crippen LogP) is 5.03. The molecule has 0 unspecified atom stereocenters. The first-order chi connectivity index (χ1) is 8.61. The molecule has 0 aromatic heterocycles. The van der Waals surface area contributed by atoms with Gasteiger partial charge in [0.25, 0.3) is 0 Å². The molecule has 0 aliphatic heterocycles. The van der Waals surface area contributed by atoms with Crippen molar-refractivity contribution in [2.45, 2.75) is 13.3 Å². The highest BCUT2D eigenvalue weighted by Crippen LogP contribution is 2.31. The minimum Gasteiger partial charge on any atom is -0.198 e. The van der Waals surface area contributed by atoms with Gasteiger partial charge >= 0.3 is 0 Å². The third-order valence-electron chi connectivity index (χ3n) is 2.85. The highest BCUT2D eigenvalue weighted by Gasteiger charge is 2.06. The molecule has 90 valence electrons. The average molecular weight is 276 g/mol. The first kappa shape index (κ1) is 13.0. The lowest BCUT2D eigenvalue weighted by Crippen LogP contribution is -1.89. The Kier molecular flexibility index (Phi) is 3.91. The summed E-state index contributed by atoms with van der Waals surface area (Å²) in [4.78, 5) is 0. The Hall–Kier alpha value is -1.49. The normalized spacial score (nSPS) is 10.1. The summed E-state index contributed by atoms with van der Waals surface area (Å²) < 4.78 is 0. The molecule has 0 amide bonds. The molecule has 0 heterocycles. The van der Waals surface area contributed by atoms with Crippen LogP contribution in [0.15, 0.2) is 36.4 Å². The van der Waals surface area contributed by atoms with Gasteiger partial charge < -0.3 is 0 Å². The third-order valence-corrected chi connectivity index (χ3v) is 3.42. The van der Waals surface area contributed by atoms with Crippen LogP contribution in [0.2, 0.25) is 10.0 Å². The monoisotopic (exact) mass is 275 g/mol. The Morgan fingerprint density at radius 3 is 2.56 bits per heavy atom. The number of rotatable bonds is 2. The van der Waals surface area contributed by atoms with Crippen molar-refractivity contribution in [2.24, 2.45) is 0 Å². The van der Waals surface area contributed by atoms with E-state index in [9.17, 15) is 0 Å². The largest absolute Gasteiger partial charge is 0.198 e.